The number of carbonyl (C=O) groups is 1. The van der Waals surface area contributed by atoms with Crippen molar-refractivity contribution in [1.82, 2.24) is 10.6 Å². The van der Waals surface area contributed by atoms with Gasteiger partial charge in [0.25, 0.3) is 0 Å². The Bertz CT molecular complexity index is 300. The molecule has 2 aliphatic carbocycles. The van der Waals surface area contributed by atoms with Crippen molar-refractivity contribution in [2.75, 3.05) is 6.54 Å². The summed E-state index contributed by atoms with van der Waals surface area (Å²) in [6.07, 6.45) is 3.03. The third kappa shape index (κ3) is 2.42. The van der Waals surface area contributed by atoms with Crippen LogP contribution < -0.4 is 10.6 Å². The van der Waals surface area contributed by atoms with Gasteiger partial charge in [0, 0.05) is 18.5 Å². The summed E-state index contributed by atoms with van der Waals surface area (Å²) < 4.78 is -0.585. The molecule has 0 unspecified atom stereocenters. The molecule has 0 radical (unpaired) electrons. The Kier molecular flexibility index (Phi) is 3.35. The predicted molar refractivity (Wildman–Crippen MR) is 66.2 cm³/mol. The van der Waals surface area contributed by atoms with Gasteiger partial charge in [-0.05, 0) is 25.2 Å². The minimum Gasteiger partial charge on any atom is -0.354 e. The van der Waals surface area contributed by atoms with E-state index in [1.165, 1.54) is 6.42 Å². The Morgan fingerprint density at radius 2 is 2.12 bits per heavy atom. The molecule has 3 rings (SSSR count). The molecular weight excluding hydrogens is 270 g/mol. The van der Waals surface area contributed by atoms with Crippen LogP contribution in [0.2, 0.25) is 0 Å². The van der Waals surface area contributed by atoms with Crippen molar-refractivity contribution in [2.45, 2.75) is 35.7 Å². The maximum Gasteiger partial charge on any atom is 0.237 e. The Morgan fingerprint density at radius 1 is 1.44 bits per heavy atom. The molecule has 1 heterocycles. The van der Waals surface area contributed by atoms with Crippen LogP contribution >= 0.6 is 35.6 Å². The van der Waals surface area contributed by atoms with Gasteiger partial charge >= 0.3 is 0 Å². The van der Waals surface area contributed by atoms with Crippen LogP contribution in [0.25, 0.3) is 0 Å². The fraction of sp³-hybridized carbons (Fsp3) is 0.900. The Balaban J connectivity index is 0.000000963. The lowest BCUT2D eigenvalue weighted by Gasteiger charge is -2.13. The topological polar surface area (TPSA) is 41.1 Å². The van der Waals surface area contributed by atoms with E-state index in [9.17, 15) is 4.79 Å². The number of hydrogen-bond donors (Lipinski definition) is 2. The minimum atomic E-state index is -0.585. The molecule has 16 heavy (non-hydrogen) atoms. The average Bonchev–Trinajstić information content (AvgIpc) is 3.00. The molecule has 1 aliphatic heterocycles. The Morgan fingerprint density at radius 3 is 2.62 bits per heavy atom. The number of hydrogen-bond acceptors (Lipinski definition) is 2. The van der Waals surface area contributed by atoms with Crippen LogP contribution in [0.4, 0.5) is 0 Å². The largest absolute Gasteiger partial charge is 0.354 e. The van der Waals surface area contributed by atoms with Gasteiger partial charge in [0.05, 0.1) is 6.04 Å². The zero-order valence-corrected chi connectivity index (χ0v) is 11.0. The smallest absolute Gasteiger partial charge is 0.237 e. The van der Waals surface area contributed by atoms with Gasteiger partial charge in [-0.2, -0.15) is 0 Å². The van der Waals surface area contributed by atoms with Gasteiger partial charge in [0.1, 0.15) is 4.33 Å². The van der Waals surface area contributed by atoms with Gasteiger partial charge in [-0.15, -0.1) is 35.6 Å². The normalized spacial score (nSPS) is 41.9. The van der Waals surface area contributed by atoms with Gasteiger partial charge in [0.2, 0.25) is 5.91 Å². The standard InChI is InChI=1S/C10H14Cl2N2O.ClH/c11-10(12)3-6(10)4-13-9(15)8-2-5-1-7(5)14-8;/h5-8,14H,1-4H2,(H,13,15);1H/t5-,6-,7-,8+;/m1./s1. The molecule has 0 aromatic rings. The van der Waals surface area contributed by atoms with Crippen LogP contribution in [0.15, 0.2) is 0 Å². The second-order valence-electron chi connectivity index (χ2n) is 4.96. The highest BCUT2D eigenvalue weighted by molar-refractivity contribution is 6.50. The van der Waals surface area contributed by atoms with Gasteiger partial charge in [-0.3, -0.25) is 4.79 Å². The van der Waals surface area contributed by atoms with E-state index in [2.05, 4.69) is 10.6 Å². The van der Waals surface area contributed by atoms with Crippen molar-refractivity contribution < 1.29 is 4.79 Å². The third-order valence-corrected chi connectivity index (χ3v) is 4.60. The summed E-state index contributed by atoms with van der Waals surface area (Å²) in [5.74, 6) is 1.10. The van der Waals surface area contributed by atoms with E-state index in [0.717, 1.165) is 18.8 Å². The van der Waals surface area contributed by atoms with Crippen molar-refractivity contribution in [3.63, 3.8) is 0 Å². The van der Waals surface area contributed by atoms with Gasteiger partial charge < -0.3 is 10.6 Å². The number of piperidine rings is 1. The highest BCUT2D eigenvalue weighted by Gasteiger charge is 2.52. The summed E-state index contributed by atoms with van der Waals surface area (Å²) in [5.41, 5.74) is 0. The minimum absolute atomic E-state index is 0. The lowest BCUT2D eigenvalue weighted by molar-refractivity contribution is -0.123. The van der Waals surface area contributed by atoms with E-state index in [1.54, 1.807) is 0 Å². The second-order valence-corrected chi connectivity index (χ2v) is 6.51. The van der Waals surface area contributed by atoms with E-state index in [0.29, 0.717) is 12.6 Å². The fourth-order valence-corrected chi connectivity index (χ4v) is 2.89. The van der Waals surface area contributed by atoms with E-state index in [4.69, 9.17) is 23.2 Å². The van der Waals surface area contributed by atoms with E-state index in [1.807, 2.05) is 0 Å². The zero-order valence-electron chi connectivity index (χ0n) is 8.71. The molecule has 3 fully saturated rings. The molecule has 2 saturated carbocycles. The zero-order chi connectivity index (χ0) is 10.6. The van der Waals surface area contributed by atoms with Crippen LogP contribution in [0.1, 0.15) is 19.3 Å². The van der Waals surface area contributed by atoms with Crippen LogP contribution in [-0.2, 0) is 4.79 Å². The molecule has 1 saturated heterocycles. The summed E-state index contributed by atoms with van der Waals surface area (Å²) in [6, 6.07) is 0.634. The van der Waals surface area contributed by atoms with Crippen LogP contribution in [0, 0.1) is 11.8 Å². The molecule has 3 nitrogen and oxygen atoms in total. The van der Waals surface area contributed by atoms with E-state index in [-0.39, 0.29) is 30.3 Å². The van der Waals surface area contributed by atoms with Gasteiger partial charge in [0.15, 0.2) is 0 Å². The number of rotatable bonds is 3. The summed E-state index contributed by atoms with van der Waals surface area (Å²) in [7, 11) is 0. The molecular formula is C10H15Cl3N2O. The van der Waals surface area contributed by atoms with Crippen molar-refractivity contribution in [3.05, 3.63) is 0 Å². The van der Waals surface area contributed by atoms with E-state index >= 15 is 0 Å². The van der Waals surface area contributed by atoms with Crippen molar-refractivity contribution in [3.8, 4) is 0 Å². The predicted octanol–water partition coefficient (Wildman–Crippen LogP) is 1.47. The van der Waals surface area contributed by atoms with Gasteiger partial charge in [-0.25, -0.2) is 0 Å². The Hall–Kier alpha value is 0.300. The number of nitrogens with one attached hydrogen (secondary N) is 2. The van der Waals surface area contributed by atoms with Crippen LogP contribution in [0.3, 0.4) is 0 Å². The van der Waals surface area contributed by atoms with Crippen molar-refractivity contribution in [1.29, 1.82) is 0 Å². The molecule has 92 valence electrons. The number of amides is 1. The van der Waals surface area contributed by atoms with Gasteiger partial charge in [-0.1, -0.05) is 0 Å². The molecule has 0 bridgehead atoms. The average molecular weight is 286 g/mol. The second kappa shape index (κ2) is 4.20. The molecule has 0 aromatic heterocycles. The lowest BCUT2D eigenvalue weighted by atomic mass is 10.1. The molecule has 6 heteroatoms. The first kappa shape index (κ1) is 12.7. The maximum absolute atomic E-state index is 11.7. The number of halogens is 3. The first-order chi connectivity index (χ1) is 7.06. The molecule has 4 atom stereocenters. The quantitative estimate of drug-likeness (QED) is 0.771. The van der Waals surface area contributed by atoms with Crippen molar-refractivity contribution in [2.24, 2.45) is 11.8 Å². The summed E-state index contributed by atoms with van der Waals surface area (Å²) in [5, 5.41) is 6.23. The summed E-state index contributed by atoms with van der Waals surface area (Å²) >= 11 is 11.8. The van der Waals surface area contributed by atoms with E-state index < -0.39 is 4.33 Å². The van der Waals surface area contributed by atoms with Crippen LogP contribution in [-0.4, -0.2) is 28.9 Å². The number of carbonyl (C=O) groups excluding carboxylic acids is 1. The first-order valence-corrected chi connectivity index (χ1v) is 6.23. The molecule has 0 spiro atoms. The Labute approximate surface area is 111 Å². The molecule has 3 aliphatic rings. The summed E-state index contributed by atoms with van der Waals surface area (Å²) in [4.78, 5) is 11.7. The highest BCUT2D eigenvalue weighted by Crippen LogP contribution is 2.52. The SMILES string of the molecule is Cl.O=C(NC[C@H]1CC1(Cl)Cl)[C@@H]1C[C@H]2C[C@H]2N1. The summed E-state index contributed by atoms with van der Waals surface area (Å²) in [6.45, 7) is 0.610. The lowest BCUT2D eigenvalue weighted by Crippen LogP contribution is -2.43. The monoisotopic (exact) mass is 284 g/mol. The number of fused-ring (bicyclic) bond motifs is 1. The third-order valence-electron chi connectivity index (χ3n) is 3.67. The van der Waals surface area contributed by atoms with Crippen LogP contribution in [0.5, 0.6) is 0 Å². The van der Waals surface area contributed by atoms with Crippen molar-refractivity contribution >= 4 is 41.5 Å². The fourth-order valence-electron chi connectivity index (χ4n) is 2.36. The number of alkyl halides is 2. The maximum atomic E-state index is 11.7. The highest BCUT2D eigenvalue weighted by atomic mass is 35.5. The first-order valence-electron chi connectivity index (χ1n) is 5.48. The molecule has 0 aromatic carbocycles. The molecule has 2 N–H and O–H groups in total. The molecule has 1 amide bonds.